The normalized spacial score (nSPS) is 11.9. The monoisotopic (exact) mass is 744 g/mol. The van der Waals surface area contributed by atoms with Gasteiger partial charge in [-0.25, -0.2) is 9.97 Å². The van der Waals surface area contributed by atoms with Crippen molar-refractivity contribution in [2.45, 2.75) is 0 Å². The van der Waals surface area contributed by atoms with Crippen LogP contribution >= 0.6 is 11.3 Å². The molecule has 0 fully saturated rings. The summed E-state index contributed by atoms with van der Waals surface area (Å²) >= 11 is 1.83. The van der Waals surface area contributed by atoms with Crippen LogP contribution in [0.2, 0.25) is 0 Å². The van der Waals surface area contributed by atoms with Crippen LogP contribution in [0.5, 0.6) is 0 Å². The van der Waals surface area contributed by atoms with E-state index in [1.807, 2.05) is 17.4 Å². The molecule has 4 aromatic heterocycles. The number of benzene rings is 8. The van der Waals surface area contributed by atoms with Crippen LogP contribution in [0.1, 0.15) is 0 Å². The summed E-state index contributed by atoms with van der Waals surface area (Å²) in [4.78, 5) is 10.7. The lowest BCUT2D eigenvalue weighted by molar-refractivity contribution is 1.05. The second-order valence-corrected chi connectivity index (χ2v) is 15.7. The summed E-state index contributed by atoms with van der Waals surface area (Å²) in [5, 5.41) is 7.27. The average molecular weight is 745 g/mol. The Morgan fingerprint density at radius 3 is 1.70 bits per heavy atom. The van der Waals surface area contributed by atoms with E-state index in [9.17, 15) is 0 Å². The molecule has 0 aliphatic rings. The molecule has 4 heterocycles. The molecule has 0 atom stereocenters. The first-order valence-corrected chi connectivity index (χ1v) is 20.1. The Kier molecular flexibility index (Phi) is 7.06. The molecule has 57 heavy (non-hydrogen) atoms. The third kappa shape index (κ3) is 4.99. The van der Waals surface area contributed by atoms with Crippen LogP contribution in [-0.2, 0) is 0 Å². The topological polar surface area (TPSA) is 35.6 Å². The van der Waals surface area contributed by atoms with Gasteiger partial charge in [-0.2, -0.15) is 0 Å². The summed E-state index contributed by atoms with van der Waals surface area (Å²) < 4.78 is 7.38. The second-order valence-electron chi connectivity index (χ2n) is 14.6. The van der Waals surface area contributed by atoms with Crippen molar-refractivity contribution in [2.24, 2.45) is 0 Å². The number of fused-ring (bicyclic) bond motifs is 10. The number of rotatable bonds is 5. The first-order valence-electron chi connectivity index (χ1n) is 19.2. The quantitative estimate of drug-likeness (QED) is 0.176. The minimum absolute atomic E-state index is 0.688. The average Bonchev–Trinajstić information content (AvgIpc) is 3.94. The maximum atomic E-state index is 5.44. The van der Waals surface area contributed by atoms with Gasteiger partial charge in [0.25, 0.3) is 0 Å². The number of aromatic nitrogens is 4. The van der Waals surface area contributed by atoms with Crippen LogP contribution in [0, 0.1) is 0 Å². The lowest BCUT2D eigenvalue weighted by atomic mass is 10.1. The van der Waals surface area contributed by atoms with Crippen molar-refractivity contribution >= 4 is 75.1 Å². The Balaban J connectivity index is 1.19. The van der Waals surface area contributed by atoms with E-state index in [2.05, 4.69) is 197 Å². The van der Waals surface area contributed by atoms with E-state index in [0.717, 1.165) is 50.4 Å². The lowest BCUT2D eigenvalue weighted by Crippen LogP contribution is -2.04. The molecule has 8 aromatic carbocycles. The molecule has 0 radical (unpaired) electrons. The summed E-state index contributed by atoms with van der Waals surface area (Å²) in [6, 6.07) is 69.6. The van der Waals surface area contributed by atoms with E-state index in [1.165, 1.54) is 52.8 Å². The number of hydrogen-bond donors (Lipinski definition) is 0. The number of thiophene rings is 1. The highest BCUT2D eigenvalue weighted by Gasteiger charge is 2.23. The number of hydrogen-bond acceptors (Lipinski definition) is 3. The maximum absolute atomic E-state index is 5.44. The molecule has 0 spiro atoms. The zero-order valence-corrected chi connectivity index (χ0v) is 31.5. The van der Waals surface area contributed by atoms with E-state index >= 15 is 0 Å². The molecule has 0 saturated carbocycles. The molecule has 0 unspecified atom stereocenters. The van der Waals surface area contributed by atoms with Crippen molar-refractivity contribution in [3.63, 3.8) is 0 Å². The van der Waals surface area contributed by atoms with Crippen LogP contribution < -0.4 is 0 Å². The van der Waals surface area contributed by atoms with Crippen molar-refractivity contribution in [3.8, 4) is 45.3 Å². The molecule has 0 aliphatic heterocycles. The van der Waals surface area contributed by atoms with Gasteiger partial charge in [-0.3, -0.25) is 4.57 Å². The van der Waals surface area contributed by atoms with E-state index in [0.29, 0.717) is 5.82 Å². The fraction of sp³-hybridized carbons (Fsp3) is 0. The van der Waals surface area contributed by atoms with Crippen molar-refractivity contribution in [1.82, 2.24) is 19.1 Å². The summed E-state index contributed by atoms with van der Waals surface area (Å²) in [5.74, 6) is 1.51. The molecule has 5 heteroatoms. The van der Waals surface area contributed by atoms with Gasteiger partial charge < -0.3 is 4.57 Å². The van der Waals surface area contributed by atoms with Crippen LogP contribution in [0.25, 0.3) is 109 Å². The largest absolute Gasteiger partial charge is 0.307 e. The van der Waals surface area contributed by atoms with Crippen molar-refractivity contribution in [3.05, 3.63) is 194 Å². The van der Waals surface area contributed by atoms with E-state index in [1.54, 1.807) is 0 Å². The van der Waals surface area contributed by atoms with Crippen LogP contribution in [0.4, 0.5) is 0 Å². The van der Waals surface area contributed by atoms with Crippen molar-refractivity contribution in [1.29, 1.82) is 0 Å². The highest BCUT2D eigenvalue weighted by atomic mass is 32.1. The van der Waals surface area contributed by atoms with Gasteiger partial charge in [0.1, 0.15) is 5.82 Å². The minimum Gasteiger partial charge on any atom is -0.307 e. The Bertz CT molecular complexity index is 3520. The minimum atomic E-state index is 0.688. The van der Waals surface area contributed by atoms with Gasteiger partial charge >= 0.3 is 0 Å². The van der Waals surface area contributed by atoms with Gasteiger partial charge in [-0.05, 0) is 53.6 Å². The van der Waals surface area contributed by atoms with E-state index in [-0.39, 0.29) is 0 Å². The van der Waals surface area contributed by atoms with Crippen LogP contribution in [-0.4, -0.2) is 19.1 Å². The van der Waals surface area contributed by atoms with Gasteiger partial charge in [-0.15, -0.1) is 11.3 Å². The van der Waals surface area contributed by atoms with Gasteiger partial charge in [-0.1, -0.05) is 146 Å². The van der Waals surface area contributed by atoms with E-state index < -0.39 is 0 Å². The summed E-state index contributed by atoms with van der Waals surface area (Å²) in [7, 11) is 0. The molecular weight excluding hydrogens is 713 g/mol. The van der Waals surface area contributed by atoms with Gasteiger partial charge in [0, 0.05) is 64.6 Å². The highest BCUT2D eigenvalue weighted by molar-refractivity contribution is 7.25. The third-order valence-corrected chi connectivity index (χ3v) is 12.5. The Hall–Kier alpha value is -7.34. The highest BCUT2D eigenvalue weighted by Crippen LogP contribution is 2.43. The number of nitrogens with zero attached hydrogens (tertiary/aromatic N) is 4. The third-order valence-electron chi connectivity index (χ3n) is 11.3. The SMILES string of the molecule is c1ccc(-c2cccc(-n3c4ccccc4c4ccc5c6ccccc6n(-c6cc(-c7ccc8sc9ccccc9c8c7)nc(-c7ccccc7)n6)c5c43)c2)cc1. The first-order chi connectivity index (χ1) is 28.3. The summed E-state index contributed by atoms with van der Waals surface area (Å²) in [6.45, 7) is 0. The van der Waals surface area contributed by atoms with Crippen molar-refractivity contribution in [2.75, 3.05) is 0 Å². The molecule has 0 N–H and O–H groups in total. The molecule has 4 nitrogen and oxygen atoms in total. The predicted octanol–water partition coefficient (Wildman–Crippen LogP) is 14.0. The van der Waals surface area contributed by atoms with E-state index in [4.69, 9.17) is 9.97 Å². The second kappa shape index (κ2) is 12.6. The maximum Gasteiger partial charge on any atom is 0.162 e. The van der Waals surface area contributed by atoms with Gasteiger partial charge in [0.05, 0.1) is 27.8 Å². The summed E-state index contributed by atoms with van der Waals surface area (Å²) in [6.07, 6.45) is 0. The zero-order valence-electron chi connectivity index (χ0n) is 30.7. The number of para-hydroxylation sites is 2. The van der Waals surface area contributed by atoms with Gasteiger partial charge in [0.2, 0.25) is 0 Å². The van der Waals surface area contributed by atoms with Crippen LogP contribution in [0.15, 0.2) is 194 Å². The molecule has 0 bridgehead atoms. The Morgan fingerprint density at radius 2 is 0.947 bits per heavy atom. The molecule has 266 valence electrons. The zero-order chi connectivity index (χ0) is 37.5. The fourth-order valence-corrected chi connectivity index (χ4v) is 9.85. The molecule has 0 aliphatic carbocycles. The van der Waals surface area contributed by atoms with Gasteiger partial charge in [0.15, 0.2) is 5.82 Å². The Morgan fingerprint density at radius 1 is 0.351 bits per heavy atom. The fourth-order valence-electron chi connectivity index (χ4n) is 8.76. The smallest absolute Gasteiger partial charge is 0.162 e. The molecule has 12 aromatic rings. The van der Waals surface area contributed by atoms with Crippen LogP contribution in [0.3, 0.4) is 0 Å². The Labute approximate surface area is 332 Å². The summed E-state index contributed by atoms with van der Waals surface area (Å²) in [5.41, 5.74) is 10.9. The predicted molar refractivity (Wildman–Crippen MR) is 240 cm³/mol. The first kappa shape index (κ1) is 32.0. The van der Waals surface area contributed by atoms with Crippen molar-refractivity contribution < 1.29 is 0 Å². The lowest BCUT2D eigenvalue weighted by Gasteiger charge is -2.15. The molecular formula is C52H32N4S. The molecule has 0 saturated heterocycles. The standard InChI is InChI=1S/C52H32N4S/c1-3-14-33(15-4-1)35-18-13-19-37(30-35)55-45-23-10-7-20-38(45)41-27-28-42-39-21-8-11-24-46(39)56(51(42)50(41)55)49-32-44(53-52(54-49)34-16-5-2-6-17-34)36-26-29-48-43(31-36)40-22-9-12-25-47(40)57-48/h1-32H. The molecule has 0 amide bonds. The molecule has 12 rings (SSSR count).